The second kappa shape index (κ2) is 10.9. The van der Waals surface area contributed by atoms with E-state index in [-0.39, 0.29) is 10.5 Å². The Morgan fingerprint density at radius 3 is 2.34 bits per heavy atom. The maximum Gasteiger partial charge on any atom is 0.248 e. The molecule has 0 heterocycles. The molecule has 158 valence electrons. The maximum atomic E-state index is 12.3. The minimum Gasteiger partial charge on any atom is -0.454 e. The van der Waals surface area contributed by atoms with Crippen LogP contribution in [0.3, 0.4) is 0 Å². The van der Waals surface area contributed by atoms with Crippen LogP contribution < -0.4 is 20.5 Å². The molecule has 0 aromatic heterocycles. The molecule has 0 bridgehead atoms. The first-order valence-electron chi connectivity index (χ1n) is 9.60. The Morgan fingerprint density at radius 1 is 1.10 bits per heavy atom. The average molecular weight is 419 g/mol. The van der Waals surface area contributed by atoms with Crippen molar-refractivity contribution in [3.05, 3.63) is 48.0 Å². The number of para-hydroxylation sites is 1. The number of likely N-dealkylation sites (N-methyl/N-ethyl adjacent to an activating group) is 1. The third kappa shape index (κ3) is 6.56. The van der Waals surface area contributed by atoms with Gasteiger partial charge in [0.15, 0.2) is 5.75 Å². The van der Waals surface area contributed by atoms with Crippen LogP contribution in [0.2, 0.25) is 0 Å². The van der Waals surface area contributed by atoms with Crippen molar-refractivity contribution < 1.29 is 13.7 Å². The summed E-state index contributed by atoms with van der Waals surface area (Å²) in [6.45, 7) is 4.38. The Morgan fingerprint density at radius 2 is 1.79 bits per heavy atom. The topological polar surface area (TPSA) is 102 Å². The lowest BCUT2D eigenvalue weighted by atomic mass is 10.1. The zero-order valence-corrected chi connectivity index (χ0v) is 18.1. The fraction of sp³-hybridized carbons (Fsp3) is 0.381. The maximum absolute atomic E-state index is 12.3. The number of hydrogen-bond acceptors (Lipinski definition) is 5. The molecule has 1 amide bonds. The summed E-state index contributed by atoms with van der Waals surface area (Å²) in [6, 6.07) is 12.4. The molecule has 1 unspecified atom stereocenters. The van der Waals surface area contributed by atoms with Gasteiger partial charge in [-0.3, -0.25) is 4.79 Å². The molecule has 7 nitrogen and oxygen atoms in total. The number of ether oxygens (including phenoxy) is 1. The van der Waals surface area contributed by atoms with E-state index in [9.17, 15) is 9.00 Å². The van der Waals surface area contributed by atoms with Gasteiger partial charge in [-0.2, -0.15) is 0 Å². The average Bonchev–Trinajstić information content (AvgIpc) is 2.68. The largest absolute Gasteiger partial charge is 0.454 e. The van der Waals surface area contributed by atoms with Crippen LogP contribution in [0.15, 0.2) is 47.4 Å². The molecule has 0 saturated heterocycles. The SMILES string of the molecule is CCCCN(CCN(C)C)c1cc(C(N)=O)cc(S(N)=O)c1Oc1ccccc1. The van der Waals surface area contributed by atoms with Gasteiger partial charge in [0, 0.05) is 25.2 Å². The molecule has 8 heteroatoms. The van der Waals surface area contributed by atoms with Crippen LogP contribution in [0.25, 0.3) is 0 Å². The Labute approximate surface area is 175 Å². The summed E-state index contributed by atoms with van der Waals surface area (Å²) in [7, 11) is 2.14. The van der Waals surface area contributed by atoms with Crippen molar-refractivity contribution in [3.8, 4) is 11.5 Å². The number of unbranched alkanes of at least 4 members (excludes halogenated alkanes) is 1. The van der Waals surface area contributed by atoms with Gasteiger partial charge in [-0.05, 0) is 44.8 Å². The molecule has 0 saturated carbocycles. The first-order chi connectivity index (χ1) is 13.8. The summed E-state index contributed by atoms with van der Waals surface area (Å²) in [5.74, 6) is 0.375. The van der Waals surface area contributed by atoms with Crippen LogP contribution in [0.5, 0.6) is 11.5 Å². The number of rotatable bonds is 11. The number of hydrogen-bond donors (Lipinski definition) is 2. The van der Waals surface area contributed by atoms with Gasteiger partial charge in [0.1, 0.15) is 16.7 Å². The third-order valence-corrected chi connectivity index (χ3v) is 5.18. The Kier molecular flexibility index (Phi) is 8.63. The van der Waals surface area contributed by atoms with Crippen molar-refractivity contribution in [2.24, 2.45) is 10.9 Å². The van der Waals surface area contributed by atoms with Crippen molar-refractivity contribution in [1.29, 1.82) is 0 Å². The summed E-state index contributed by atoms with van der Waals surface area (Å²) in [5.41, 5.74) is 6.44. The van der Waals surface area contributed by atoms with E-state index in [2.05, 4.69) is 16.7 Å². The molecule has 1 atom stereocenters. The minimum absolute atomic E-state index is 0.242. The number of benzene rings is 2. The second-order valence-corrected chi connectivity index (χ2v) is 8.08. The molecule has 0 radical (unpaired) electrons. The Hall–Kier alpha value is -2.42. The number of nitrogens with two attached hydrogens (primary N) is 2. The van der Waals surface area contributed by atoms with Crippen LogP contribution in [0.4, 0.5) is 5.69 Å². The van der Waals surface area contributed by atoms with E-state index in [0.717, 1.165) is 25.9 Å². The summed E-state index contributed by atoms with van der Waals surface area (Å²) >= 11 is 0. The molecule has 0 aliphatic carbocycles. The van der Waals surface area contributed by atoms with Crippen molar-refractivity contribution in [2.75, 3.05) is 38.6 Å². The second-order valence-electron chi connectivity index (χ2n) is 7.04. The van der Waals surface area contributed by atoms with E-state index >= 15 is 0 Å². The number of carbonyl (C=O) groups excluding carboxylic acids is 1. The van der Waals surface area contributed by atoms with E-state index in [1.807, 2.05) is 44.4 Å². The summed E-state index contributed by atoms with van der Waals surface area (Å²) < 4.78 is 18.4. The van der Waals surface area contributed by atoms with Crippen molar-refractivity contribution >= 4 is 22.6 Å². The highest BCUT2D eigenvalue weighted by atomic mass is 32.2. The van der Waals surface area contributed by atoms with Gasteiger partial charge < -0.3 is 20.3 Å². The van der Waals surface area contributed by atoms with E-state index in [0.29, 0.717) is 23.7 Å². The summed E-state index contributed by atoms with van der Waals surface area (Å²) in [6.07, 6.45) is 1.97. The van der Waals surface area contributed by atoms with E-state index in [1.165, 1.54) is 6.07 Å². The zero-order chi connectivity index (χ0) is 21.4. The standard InChI is InChI=1S/C21H30N4O3S/c1-4-5-11-25(13-12-24(2)3)18-14-16(21(22)26)15-19(29(23)27)20(18)28-17-9-7-6-8-10-17/h6-10,14-15H,4-5,11-13,23H2,1-3H3,(H2,22,26). The van der Waals surface area contributed by atoms with Gasteiger partial charge >= 0.3 is 0 Å². The van der Waals surface area contributed by atoms with Gasteiger partial charge in [0.2, 0.25) is 5.91 Å². The first kappa shape index (κ1) is 22.9. The molecule has 29 heavy (non-hydrogen) atoms. The van der Waals surface area contributed by atoms with Crippen LogP contribution >= 0.6 is 0 Å². The molecule has 4 N–H and O–H groups in total. The molecule has 2 aromatic rings. The lowest BCUT2D eigenvalue weighted by Crippen LogP contribution is -2.33. The molecule has 2 rings (SSSR count). The van der Waals surface area contributed by atoms with E-state index < -0.39 is 16.9 Å². The van der Waals surface area contributed by atoms with E-state index in [1.54, 1.807) is 6.07 Å². The van der Waals surface area contributed by atoms with Gasteiger partial charge in [0.25, 0.3) is 0 Å². The van der Waals surface area contributed by atoms with Crippen LogP contribution in [-0.2, 0) is 11.0 Å². The predicted molar refractivity (Wildman–Crippen MR) is 118 cm³/mol. The fourth-order valence-corrected chi connectivity index (χ4v) is 3.42. The lowest BCUT2D eigenvalue weighted by molar-refractivity contribution is 0.1000. The molecule has 0 aliphatic heterocycles. The lowest BCUT2D eigenvalue weighted by Gasteiger charge is -2.29. The third-order valence-electron chi connectivity index (χ3n) is 4.44. The number of nitrogens with zero attached hydrogens (tertiary/aromatic N) is 2. The molecule has 0 spiro atoms. The predicted octanol–water partition coefficient (Wildman–Crippen LogP) is 2.73. The molecular formula is C21H30N4O3S. The Balaban J connectivity index is 2.62. The summed E-state index contributed by atoms with van der Waals surface area (Å²) in [5, 5.41) is 5.74. The smallest absolute Gasteiger partial charge is 0.248 e. The van der Waals surface area contributed by atoms with Gasteiger partial charge in [-0.15, -0.1) is 0 Å². The van der Waals surface area contributed by atoms with Crippen molar-refractivity contribution in [2.45, 2.75) is 24.7 Å². The minimum atomic E-state index is -1.86. The highest BCUT2D eigenvalue weighted by Crippen LogP contribution is 2.38. The highest BCUT2D eigenvalue weighted by Gasteiger charge is 2.22. The number of anilines is 1. The van der Waals surface area contributed by atoms with Gasteiger partial charge in [-0.25, -0.2) is 9.35 Å². The van der Waals surface area contributed by atoms with Gasteiger partial charge in [-0.1, -0.05) is 31.5 Å². The Bertz CT molecular complexity index is 843. The molecule has 0 fully saturated rings. The van der Waals surface area contributed by atoms with Crippen molar-refractivity contribution in [3.63, 3.8) is 0 Å². The van der Waals surface area contributed by atoms with E-state index in [4.69, 9.17) is 15.6 Å². The van der Waals surface area contributed by atoms with Crippen LogP contribution in [0.1, 0.15) is 30.1 Å². The number of amides is 1. The number of primary amides is 1. The first-order valence-corrected chi connectivity index (χ1v) is 10.8. The normalized spacial score (nSPS) is 12.0. The van der Waals surface area contributed by atoms with Crippen molar-refractivity contribution in [1.82, 2.24) is 4.90 Å². The molecule has 0 aliphatic rings. The van der Waals surface area contributed by atoms with Crippen LogP contribution in [0, 0.1) is 0 Å². The quantitative estimate of drug-likeness (QED) is 0.584. The summed E-state index contributed by atoms with van der Waals surface area (Å²) in [4.78, 5) is 16.4. The molecular weight excluding hydrogens is 388 g/mol. The number of carbonyl (C=O) groups is 1. The van der Waals surface area contributed by atoms with Gasteiger partial charge in [0.05, 0.1) is 10.6 Å². The zero-order valence-electron chi connectivity index (χ0n) is 17.3. The monoisotopic (exact) mass is 418 g/mol. The van der Waals surface area contributed by atoms with Crippen LogP contribution in [-0.4, -0.2) is 48.7 Å². The fourth-order valence-electron chi connectivity index (χ4n) is 2.85. The molecule has 2 aromatic carbocycles. The highest BCUT2D eigenvalue weighted by molar-refractivity contribution is 7.82.